The number of methoxy groups -OCH3 is 1. The Hall–Kier alpha value is -4.48. The summed E-state index contributed by atoms with van der Waals surface area (Å²) >= 11 is 0. The maximum Gasteiger partial charge on any atom is 2.00 e. The summed E-state index contributed by atoms with van der Waals surface area (Å²) in [7, 11) is 1.29. The third kappa shape index (κ3) is 11.6. The first kappa shape index (κ1) is 52.5. The maximum atomic E-state index is 14.4. The van der Waals surface area contributed by atoms with Crippen molar-refractivity contribution in [2.75, 3.05) is 13.7 Å². The number of esters is 2. The van der Waals surface area contributed by atoms with E-state index in [1.165, 1.54) is 57.6 Å². The van der Waals surface area contributed by atoms with Crippen molar-refractivity contribution in [1.29, 1.82) is 0 Å². The molecule has 0 saturated carbocycles. The van der Waals surface area contributed by atoms with Crippen LogP contribution in [0.25, 0.3) is 36.1 Å². The van der Waals surface area contributed by atoms with E-state index in [-0.39, 0.29) is 59.7 Å². The number of rotatable bonds is 20. The molecule has 1 saturated heterocycles. The summed E-state index contributed by atoms with van der Waals surface area (Å²) in [5.74, 6) is -0.516. The molecule has 0 spiro atoms. The van der Waals surface area contributed by atoms with E-state index in [2.05, 4.69) is 53.4 Å². The van der Waals surface area contributed by atoms with Crippen LogP contribution >= 0.6 is 0 Å². The quantitative estimate of drug-likeness (QED) is 0.0511. The van der Waals surface area contributed by atoms with Gasteiger partial charge in [0.05, 0.1) is 19.4 Å². The van der Waals surface area contributed by atoms with Gasteiger partial charge in [-0.2, -0.15) is 0 Å². The summed E-state index contributed by atoms with van der Waals surface area (Å²) in [6.45, 7) is 23.8. The average Bonchev–Trinajstić information content (AvgIpc) is 4.02. The summed E-state index contributed by atoms with van der Waals surface area (Å²) in [6, 6.07) is -0.526. The normalized spacial score (nSPS) is 21.8. The van der Waals surface area contributed by atoms with Crippen molar-refractivity contribution in [2.24, 2.45) is 35.5 Å². The molecule has 11 heteroatoms. The molecule has 10 nitrogen and oxygen atoms in total. The van der Waals surface area contributed by atoms with Gasteiger partial charge >= 0.3 is 35.0 Å². The van der Waals surface area contributed by atoms with Crippen molar-refractivity contribution in [2.45, 2.75) is 145 Å². The molecule has 8 bridgehead atoms. The van der Waals surface area contributed by atoms with Crippen LogP contribution in [0.1, 0.15) is 169 Å². The Morgan fingerprint density at radius 3 is 2.20 bits per heavy atom. The van der Waals surface area contributed by atoms with E-state index in [1.807, 2.05) is 45.1 Å². The predicted octanol–water partition coefficient (Wildman–Crippen LogP) is 7.38. The van der Waals surface area contributed by atoms with Gasteiger partial charge in [-0.15, -0.1) is 33.1 Å². The molecule has 3 aromatic heterocycles. The van der Waals surface area contributed by atoms with Crippen LogP contribution in [0.2, 0.25) is 0 Å². The molecule has 1 aliphatic carbocycles. The van der Waals surface area contributed by atoms with Gasteiger partial charge in [0.25, 0.3) is 0 Å². The number of hydrogen-bond donors (Lipinski definition) is 2. The molecule has 1 unspecified atom stereocenters. The molecule has 352 valence electrons. The Balaban J connectivity index is 0.00000817. The molecule has 3 aliphatic rings. The van der Waals surface area contributed by atoms with Crippen molar-refractivity contribution >= 4 is 76.9 Å². The standard InChI is InChI=1S/C55H73N4O6.Mg/c1-12-38-35(8)42-27-43-36(9)40(23-24-48(61)65-26-25-34(7)22-16-21-33(6)20-15-19-32(5)18-14-17-31(3)4)52(58-43)50-51(55(63)64-11)54(62)49-37(10)44(59-53(49)50)28-46-39(13-2)41(30-60)47(57-46)29-45(38)56-42;/h12,25,27-33,36,40,51-52,58H,1,13-24,26H2,2-11H3,(H,60,62);/q-3;+2/b34-25-,43-27-,47-29-;/t32-,33-,36+,40+,51-,52?;/m1./s1. The monoisotopic (exact) mass is 910 g/mol. The Morgan fingerprint density at radius 2 is 1.56 bits per heavy atom. The number of ether oxygens (including phenoxy) is 2. The van der Waals surface area contributed by atoms with E-state index in [0.717, 1.165) is 59.0 Å². The minimum Gasteiger partial charge on any atom is -0.657 e. The van der Waals surface area contributed by atoms with E-state index in [4.69, 9.17) is 24.4 Å². The number of carbonyl (C=O) groups excluding carboxylic acids is 3. The third-order valence-electron chi connectivity index (χ3n) is 14.5. The van der Waals surface area contributed by atoms with Gasteiger partial charge in [-0.05, 0) is 92.6 Å². The zero-order valence-electron chi connectivity index (χ0n) is 41.4. The van der Waals surface area contributed by atoms with Crippen LogP contribution in [-0.2, 0) is 25.5 Å². The maximum absolute atomic E-state index is 14.4. The van der Waals surface area contributed by atoms with E-state index < -0.39 is 17.9 Å². The minimum absolute atomic E-state index is 0. The number of hydrogen-bond acceptors (Lipinski definition) is 7. The minimum atomic E-state index is -1.19. The molecular formula is C55H73MgN4O6-. The van der Waals surface area contributed by atoms with E-state index in [1.54, 1.807) is 6.08 Å². The topological polar surface area (TPSA) is 144 Å². The van der Waals surface area contributed by atoms with Gasteiger partial charge in [0.1, 0.15) is 12.5 Å². The summed E-state index contributed by atoms with van der Waals surface area (Å²) in [5, 5.41) is 16.3. The second-order valence-electron chi connectivity index (χ2n) is 19.6. The SMILES string of the molecule is C=Cc1c2[n-]c(c1C)/C=C1\NC(C3=c4[n-]/c(c(C)c4C(=O)[C@@H]3C(=O)OC)=C\c3[n-]c(/c(=C\O)c3CC)=C\2)[C@@H](CCC(=O)OC/C=C(/C)CCC[C@H](C)CCC[C@H](C)CCCC(C)C)[C@@H]1C.[Mg+2]. The second-order valence-corrected chi connectivity index (χ2v) is 19.6. The van der Waals surface area contributed by atoms with Crippen molar-refractivity contribution in [3.63, 3.8) is 0 Å². The molecule has 3 aromatic rings. The molecular weight excluding hydrogens is 837 g/mol. The zero-order valence-corrected chi connectivity index (χ0v) is 42.9. The number of aliphatic hydroxyl groups is 1. The molecule has 0 amide bonds. The number of nitrogens with zero attached hydrogens (tertiary/aromatic N) is 3. The van der Waals surface area contributed by atoms with Gasteiger partial charge in [0, 0.05) is 23.6 Å². The Bertz CT molecular complexity index is 2570. The Morgan fingerprint density at radius 1 is 0.894 bits per heavy atom. The van der Waals surface area contributed by atoms with Crippen LogP contribution in [0.3, 0.4) is 0 Å². The summed E-state index contributed by atoms with van der Waals surface area (Å²) in [5.41, 5.74) is 8.30. The van der Waals surface area contributed by atoms with E-state index >= 15 is 0 Å². The van der Waals surface area contributed by atoms with Gasteiger partial charge in [0.15, 0.2) is 5.78 Å². The molecule has 0 radical (unpaired) electrons. The van der Waals surface area contributed by atoms with E-state index in [9.17, 15) is 19.5 Å². The number of aromatic nitrogens is 3. The third-order valence-corrected chi connectivity index (χ3v) is 14.5. The van der Waals surface area contributed by atoms with Crippen LogP contribution in [0, 0.1) is 49.4 Å². The molecule has 0 aromatic carbocycles. The smallest absolute Gasteiger partial charge is 0.657 e. The van der Waals surface area contributed by atoms with Crippen LogP contribution in [-0.4, -0.2) is 65.6 Å². The number of fused-ring (bicyclic) bond motifs is 8. The summed E-state index contributed by atoms with van der Waals surface area (Å²) in [4.78, 5) is 56.5. The molecule has 2 aliphatic heterocycles. The summed E-state index contributed by atoms with van der Waals surface area (Å²) < 4.78 is 11.1. The number of aliphatic hydroxyl groups excluding tert-OH is 1. The van der Waals surface area contributed by atoms with Gasteiger partial charge in [0.2, 0.25) is 0 Å². The van der Waals surface area contributed by atoms with Gasteiger partial charge in [-0.1, -0.05) is 140 Å². The largest absolute Gasteiger partial charge is 2.00 e. The van der Waals surface area contributed by atoms with E-state index in [0.29, 0.717) is 68.1 Å². The zero-order chi connectivity index (χ0) is 47.1. The fourth-order valence-corrected chi connectivity index (χ4v) is 10.4. The fraction of sp³-hybridized carbons (Fsp3) is 0.545. The van der Waals surface area contributed by atoms with Crippen molar-refractivity contribution < 1.29 is 29.0 Å². The molecule has 6 rings (SSSR count). The van der Waals surface area contributed by atoms with Crippen LogP contribution < -0.4 is 41.5 Å². The fourth-order valence-electron chi connectivity index (χ4n) is 10.4. The van der Waals surface area contributed by atoms with Gasteiger partial charge in [-0.25, -0.2) is 0 Å². The van der Waals surface area contributed by atoms with Crippen molar-refractivity contribution in [3.8, 4) is 0 Å². The van der Waals surface area contributed by atoms with Crippen LogP contribution in [0.4, 0.5) is 0 Å². The predicted molar refractivity (Wildman–Crippen MR) is 266 cm³/mol. The molecule has 66 heavy (non-hydrogen) atoms. The van der Waals surface area contributed by atoms with Crippen LogP contribution in [0.15, 0.2) is 23.9 Å². The number of carbonyl (C=O) groups is 3. The molecule has 2 N–H and O–H groups in total. The first-order valence-electron chi connectivity index (χ1n) is 24.2. The van der Waals surface area contributed by atoms with Crippen molar-refractivity contribution in [3.05, 3.63) is 90.1 Å². The van der Waals surface area contributed by atoms with Crippen LogP contribution in [0.5, 0.6) is 0 Å². The molecule has 6 atom stereocenters. The van der Waals surface area contributed by atoms with Crippen molar-refractivity contribution in [1.82, 2.24) is 20.3 Å². The summed E-state index contributed by atoms with van der Waals surface area (Å²) in [6.07, 6.45) is 23.1. The first-order valence-corrected chi connectivity index (χ1v) is 24.2. The Kier molecular flexibility index (Phi) is 18.7. The van der Waals surface area contributed by atoms with Gasteiger partial charge < -0.3 is 34.8 Å². The number of ketones is 1. The molecule has 5 heterocycles. The number of Topliss-reactive ketones (excluding diaryl/α,β-unsaturated/α-hetero) is 1. The average molecular weight is 911 g/mol. The van der Waals surface area contributed by atoms with Gasteiger partial charge in [-0.3, -0.25) is 14.4 Å². The second kappa shape index (κ2) is 23.5. The Labute approximate surface area is 408 Å². The number of nitrogens with one attached hydrogen (secondary N) is 1. The number of allylic oxidation sites excluding steroid dienone is 2. The molecule has 1 fully saturated rings. The first-order chi connectivity index (χ1) is 31.1.